The third-order valence-electron chi connectivity index (χ3n) is 2.48. The molecule has 0 aliphatic heterocycles. The normalized spacial score (nSPS) is 11.7. The van der Waals surface area contributed by atoms with Gasteiger partial charge in [-0.1, -0.05) is 30.3 Å². The van der Waals surface area contributed by atoms with E-state index in [2.05, 4.69) is 12.1 Å². The molecule has 0 saturated carbocycles. The van der Waals surface area contributed by atoms with Crippen molar-refractivity contribution in [1.82, 2.24) is 0 Å². The summed E-state index contributed by atoms with van der Waals surface area (Å²) in [5, 5.41) is 0. The highest BCUT2D eigenvalue weighted by atomic mass is 32.2. The first kappa shape index (κ1) is 16.8. The highest BCUT2D eigenvalue weighted by molar-refractivity contribution is 7.98. The van der Waals surface area contributed by atoms with Crippen molar-refractivity contribution < 1.29 is 13.6 Å². The highest BCUT2D eigenvalue weighted by Crippen LogP contribution is 2.48. The molecule has 0 fully saturated rings. The Morgan fingerprint density at radius 2 is 1.74 bits per heavy atom. The zero-order chi connectivity index (χ0) is 14.0. The fraction of sp³-hybridized carbons (Fsp3) is 0.571. The maximum absolute atomic E-state index is 12.2. The summed E-state index contributed by atoms with van der Waals surface area (Å²) < 4.78 is 22.7. The SMILES string of the molecule is CCOP(=O)(CCCSCc1ccccc1)OCC. The Hall–Kier alpha value is -0.280. The van der Waals surface area contributed by atoms with Crippen molar-refractivity contribution in [2.75, 3.05) is 25.1 Å². The molecule has 0 atom stereocenters. The molecule has 0 heterocycles. The Bertz CT molecular complexity index is 374. The van der Waals surface area contributed by atoms with Gasteiger partial charge in [-0.3, -0.25) is 4.57 Å². The number of rotatable bonds is 10. The molecule has 0 aliphatic carbocycles. The minimum atomic E-state index is -2.84. The lowest BCUT2D eigenvalue weighted by molar-refractivity contribution is 0.220. The maximum atomic E-state index is 12.2. The molecule has 5 heteroatoms. The second kappa shape index (κ2) is 9.60. The van der Waals surface area contributed by atoms with Gasteiger partial charge in [-0.05, 0) is 31.6 Å². The molecule has 0 radical (unpaired) electrons. The molecular weight excluding hydrogens is 279 g/mol. The van der Waals surface area contributed by atoms with Crippen LogP contribution < -0.4 is 0 Å². The fourth-order valence-corrected chi connectivity index (χ4v) is 4.48. The van der Waals surface area contributed by atoms with E-state index in [0.29, 0.717) is 19.4 Å². The number of thioether (sulfide) groups is 1. The maximum Gasteiger partial charge on any atom is 0.330 e. The lowest BCUT2D eigenvalue weighted by atomic mass is 10.2. The molecule has 1 aromatic carbocycles. The molecule has 19 heavy (non-hydrogen) atoms. The van der Waals surface area contributed by atoms with E-state index in [0.717, 1.165) is 17.9 Å². The molecule has 0 unspecified atom stereocenters. The van der Waals surface area contributed by atoms with Crippen LogP contribution in [0.2, 0.25) is 0 Å². The van der Waals surface area contributed by atoms with Gasteiger partial charge in [0.2, 0.25) is 0 Å². The topological polar surface area (TPSA) is 35.5 Å². The van der Waals surface area contributed by atoms with E-state index in [-0.39, 0.29) is 0 Å². The fourth-order valence-electron chi connectivity index (χ4n) is 1.68. The van der Waals surface area contributed by atoms with Gasteiger partial charge in [-0.15, -0.1) is 0 Å². The summed E-state index contributed by atoms with van der Waals surface area (Å²) in [5.74, 6) is 1.97. The van der Waals surface area contributed by atoms with Crippen molar-refractivity contribution in [2.45, 2.75) is 26.0 Å². The quantitative estimate of drug-likeness (QED) is 0.468. The average molecular weight is 302 g/mol. The number of hydrogen-bond acceptors (Lipinski definition) is 4. The second-order valence-electron chi connectivity index (χ2n) is 4.06. The molecule has 0 amide bonds. The van der Waals surface area contributed by atoms with Crippen molar-refractivity contribution in [1.29, 1.82) is 0 Å². The van der Waals surface area contributed by atoms with Gasteiger partial charge < -0.3 is 9.05 Å². The molecule has 1 rings (SSSR count). The van der Waals surface area contributed by atoms with E-state index < -0.39 is 7.60 Å². The van der Waals surface area contributed by atoms with Crippen LogP contribution in [-0.2, 0) is 19.4 Å². The molecule has 1 aromatic rings. The third kappa shape index (κ3) is 7.17. The van der Waals surface area contributed by atoms with Crippen molar-refractivity contribution in [3.05, 3.63) is 35.9 Å². The van der Waals surface area contributed by atoms with E-state index in [1.807, 2.05) is 43.8 Å². The van der Waals surface area contributed by atoms with Crippen molar-refractivity contribution in [2.24, 2.45) is 0 Å². The van der Waals surface area contributed by atoms with Gasteiger partial charge in [0, 0.05) is 5.75 Å². The number of benzene rings is 1. The van der Waals surface area contributed by atoms with E-state index in [9.17, 15) is 4.57 Å². The summed E-state index contributed by atoms with van der Waals surface area (Å²) in [5.41, 5.74) is 1.32. The average Bonchev–Trinajstić information content (AvgIpc) is 2.40. The highest BCUT2D eigenvalue weighted by Gasteiger charge is 2.22. The van der Waals surface area contributed by atoms with Crippen molar-refractivity contribution >= 4 is 19.4 Å². The largest absolute Gasteiger partial charge is 0.330 e. The molecule has 0 saturated heterocycles. The Morgan fingerprint density at radius 1 is 1.11 bits per heavy atom. The van der Waals surface area contributed by atoms with Gasteiger partial charge in [0.25, 0.3) is 0 Å². The Kier molecular flexibility index (Phi) is 8.47. The van der Waals surface area contributed by atoms with Crippen LogP contribution in [-0.4, -0.2) is 25.1 Å². The molecule has 108 valence electrons. The predicted molar refractivity (Wildman–Crippen MR) is 82.9 cm³/mol. The summed E-state index contributed by atoms with van der Waals surface area (Å²) >= 11 is 1.85. The molecule has 0 aromatic heterocycles. The summed E-state index contributed by atoms with van der Waals surface area (Å²) in [6, 6.07) is 10.4. The van der Waals surface area contributed by atoms with Crippen LogP contribution in [0.15, 0.2) is 30.3 Å². The Morgan fingerprint density at radius 3 is 2.32 bits per heavy atom. The summed E-state index contributed by atoms with van der Waals surface area (Å²) in [7, 11) is -2.84. The monoisotopic (exact) mass is 302 g/mol. The minimum Gasteiger partial charge on any atom is -0.309 e. The lowest BCUT2D eigenvalue weighted by Gasteiger charge is -2.16. The first-order valence-corrected chi connectivity index (χ1v) is 9.58. The second-order valence-corrected chi connectivity index (χ2v) is 7.35. The summed E-state index contributed by atoms with van der Waals surface area (Å²) in [6.45, 7) is 4.56. The van der Waals surface area contributed by atoms with Gasteiger partial charge in [0.05, 0.1) is 19.4 Å². The molecule has 0 bridgehead atoms. The molecule has 0 spiro atoms. The minimum absolute atomic E-state index is 0.439. The van der Waals surface area contributed by atoms with Gasteiger partial charge in [0.15, 0.2) is 0 Å². The number of hydrogen-bond donors (Lipinski definition) is 0. The van der Waals surface area contributed by atoms with E-state index in [4.69, 9.17) is 9.05 Å². The summed E-state index contributed by atoms with van der Waals surface area (Å²) in [4.78, 5) is 0. The van der Waals surface area contributed by atoms with Crippen LogP contribution in [0.25, 0.3) is 0 Å². The molecule has 0 N–H and O–H groups in total. The van der Waals surface area contributed by atoms with Gasteiger partial charge in [0.1, 0.15) is 0 Å². The van der Waals surface area contributed by atoms with Crippen molar-refractivity contribution in [3.63, 3.8) is 0 Å². The lowest BCUT2D eigenvalue weighted by Crippen LogP contribution is -2.01. The first-order valence-electron chi connectivity index (χ1n) is 6.70. The molecule has 3 nitrogen and oxygen atoms in total. The van der Waals surface area contributed by atoms with Crippen molar-refractivity contribution in [3.8, 4) is 0 Å². The summed E-state index contributed by atoms with van der Waals surface area (Å²) in [6.07, 6.45) is 1.37. The van der Waals surface area contributed by atoms with Crippen LogP contribution in [0.5, 0.6) is 0 Å². The smallest absolute Gasteiger partial charge is 0.309 e. The van der Waals surface area contributed by atoms with Crippen LogP contribution in [0.1, 0.15) is 25.8 Å². The first-order chi connectivity index (χ1) is 9.20. The Labute approximate surface area is 120 Å². The van der Waals surface area contributed by atoms with Gasteiger partial charge in [-0.25, -0.2) is 0 Å². The molecule has 0 aliphatic rings. The van der Waals surface area contributed by atoms with E-state index in [1.54, 1.807) is 0 Å². The van der Waals surface area contributed by atoms with Gasteiger partial charge >= 0.3 is 7.60 Å². The Balaban J connectivity index is 2.20. The van der Waals surface area contributed by atoms with Crippen LogP contribution >= 0.6 is 19.4 Å². The third-order valence-corrected chi connectivity index (χ3v) is 5.77. The zero-order valence-corrected chi connectivity index (χ0v) is 13.4. The standard InChI is InChI=1S/C14H23O3PS/c1-3-16-18(15,17-4-2)11-8-12-19-13-14-9-6-5-7-10-14/h5-7,9-10H,3-4,8,11-13H2,1-2H3. The van der Waals surface area contributed by atoms with E-state index >= 15 is 0 Å². The van der Waals surface area contributed by atoms with E-state index in [1.165, 1.54) is 5.56 Å². The van der Waals surface area contributed by atoms with Crippen LogP contribution in [0.4, 0.5) is 0 Å². The van der Waals surface area contributed by atoms with Crippen LogP contribution in [0.3, 0.4) is 0 Å². The predicted octanol–water partition coefficient (Wildman–Crippen LogP) is 4.58. The van der Waals surface area contributed by atoms with Gasteiger partial charge in [-0.2, -0.15) is 11.8 Å². The zero-order valence-electron chi connectivity index (χ0n) is 11.7. The molecular formula is C14H23O3PS. The van der Waals surface area contributed by atoms with Crippen LogP contribution in [0, 0.1) is 0 Å².